The van der Waals surface area contributed by atoms with Crippen LogP contribution in [-0.4, -0.2) is 46.9 Å². The predicted octanol–water partition coefficient (Wildman–Crippen LogP) is 0.177. The van der Waals surface area contributed by atoms with E-state index in [-0.39, 0.29) is 0 Å². The lowest BCUT2D eigenvalue weighted by molar-refractivity contribution is 0.166. The van der Waals surface area contributed by atoms with E-state index in [2.05, 4.69) is 22.2 Å². The maximum Gasteiger partial charge on any atom is 0.0536 e. The molecular formula is C10H18N4. The van der Waals surface area contributed by atoms with E-state index in [1.165, 1.54) is 0 Å². The predicted molar refractivity (Wildman–Crippen MR) is 56.1 cm³/mol. The molecule has 1 aliphatic rings. The Balaban J connectivity index is 1.79. The van der Waals surface area contributed by atoms with Gasteiger partial charge in [-0.15, -0.1) is 0 Å². The molecule has 4 nitrogen and oxygen atoms in total. The van der Waals surface area contributed by atoms with Gasteiger partial charge in [0.05, 0.1) is 6.54 Å². The van der Waals surface area contributed by atoms with Gasteiger partial charge in [-0.05, 0) is 13.0 Å². The van der Waals surface area contributed by atoms with Crippen molar-refractivity contribution in [1.82, 2.24) is 20.0 Å². The van der Waals surface area contributed by atoms with Crippen LogP contribution in [0, 0.1) is 0 Å². The van der Waals surface area contributed by atoms with Crippen molar-refractivity contribution >= 4 is 0 Å². The number of nitrogens with one attached hydrogen (secondary N) is 1. The van der Waals surface area contributed by atoms with Gasteiger partial charge in [0, 0.05) is 44.6 Å². The van der Waals surface area contributed by atoms with Gasteiger partial charge in [0.25, 0.3) is 0 Å². The Labute approximate surface area is 84.9 Å². The summed E-state index contributed by atoms with van der Waals surface area (Å²) in [6, 6.07) is 2.63. The zero-order valence-corrected chi connectivity index (χ0v) is 8.69. The molecule has 1 aliphatic heterocycles. The molecule has 14 heavy (non-hydrogen) atoms. The Morgan fingerprint density at radius 2 is 2.43 bits per heavy atom. The first-order valence-corrected chi connectivity index (χ1v) is 5.28. The summed E-state index contributed by atoms with van der Waals surface area (Å²) in [6.07, 6.45) is 3.86. The van der Waals surface area contributed by atoms with Crippen molar-refractivity contribution in [2.24, 2.45) is 0 Å². The van der Waals surface area contributed by atoms with Crippen molar-refractivity contribution in [2.45, 2.75) is 19.5 Å². The number of rotatable bonds is 3. The molecule has 0 amide bonds. The van der Waals surface area contributed by atoms with E-state index in [1.807, 2.05) is 23.1 Å². The van der Waals surface area contributed by atoms with Gasteiger partial charge in [0.1, 0.15) is 0 Å². The minimum atomic E-state index is 0.652. The monoisotopic (exact) mass is 194 g/mol. The van der Waals surface area contributed by atoms with Crippen molar-refractivity contribution in [3.05, 3.63) is 18.5 Å². The van der Waals surface area contributed by atoms with Crippen LogP contribution in [0.1, 0.15) is 6.92 Å². The van der Waals surface area contributed by atoms with Crippen molar-refractivity contribution < 1.29 is 0 Å². The lowest BCUT2D eigenvalue weighted by Gasteiger charge is -2.33. The molecule has 0 aromatic carbocycles. The highest BCUT2D eigenvalue weighted by Crippen LogP contribution is 2.02. The first-order valence-electron chi connectivity index (χ1n) is 5.28. The highest BCUT2D eigenvalue weighted by molar-refractivity contribution is 4.79. The molecule has 2 heterocycles. The summed E-state index contributed by atoms with van der Waals surface area (Å²) in [4.78, 5) is 2.51. The maximum absolute atomic E-state index is 4.20. The van der Waals surface area contributed by atoms with Crippen LogP contribution in [0.4, 0.5) is 0 Å². The summed E-state index contributed by atoms with van der Waals surface area (Å²) in [5.41, 5.74) is 0. The van der Waals surface area contributed by atoms with Gasteiger partial charge in [-0.25, -0.2) is 0 Å². The highest BCUT2D eigenvalue weighted by atomic mass is 15.3. The molecule has 1 aromatic rings. The molecule has 1 saturated heterocycles. The summed E-state index contributed by atoms with van der Waals surface area (Å²) in [5, 5.41) is 7.59. The summed E-state index contributed by atoms with van der Waals surface area (Å²) in [6.45, 7) is 7.75. The molecule has 0 spiro atoms. The average Bonchev–Trinajstić information content (AvgIpc) is 2.69. The Morgan fingerprint density at radius 3 is 3.14 bits per heavy atom. The maximum atomic E-state index is 4.20. The quantitative estimate of drug-likeness (QED) is 0.745. The number of hydrogen-bond acceptors (Lipinski definition) is 3. The van der Waals surface area contributed by atoms with Crippen LogP contribution in [0.3, 0.4) is 0 Å². The zero-order chi connectivity index (χ0) is 9.80. The van der Waals surface area contributed by atoms with Gasteiger partial charge in [-0.1, -0.05) is 0 Å². The number of piperazine rings is 1. The van der Waals surface area contributed by atoms with Gasteiger partial charge in [0.2, 0.25) is 0 Å². The van der Waals surface area contributed by atoms with E-state index in [9.17, 15) is 0 Å². The normalized spacial score (nSPS) is 23.9. The summed E-state index contributed by atoms with van der Waals surface area (Å²) >= 11 is 0. The van der Waals surface area contributed by atoms with Crippen LogP contribution in [0.5, 0.6) is 0 Å². The summed E-state index contributed by atoms with van der Waals surface area (Å²) in [7, 11) is 0. The van der Waals surface area contributed by atoms with Crippen LogP contribution in [0.25, 0.3) is 0 Å². The Bertz CT molecular complexity index is 257. The molecule has 1 atom stereocenters. The van der Waals surface area contributed by atoms with Gasteiger partial charge < -0.3 is 5.32 Å². The fourth-order valence-electron chi connectivity index (χ4n) is 1.88. The summed E-state index contributed by atoms with van der Waals surface area (Å²) in [5.74, 6) is 0. The van der Waals surface area contributed by atoms with E-state index in [4.69, 9.17) is 0 Å². The standard InChI is InChI=1S/C10H18N4/c1-10-9-11-4-6-13(10)7-8-14-5-2-3-12-14/h2-3,5,10-11H,4,6-9H2,1H3. The SMILES string of the molecule is CC1CNCCN1CCn1cccn1. The average molecular weight is 194 g/mol. The lowest BCUT2D eigenvalue weighted by Crippen LogP contribution is -2.50. The first kappa shape index (κ1) is 9.68. The van der Waals surface area contributed by atoms with Crippen molar-refractivity contribution in [1.29, 1.82) is 0 Å². The van der Waals surface area contributed by atoms with Crippen molar-refractivity contribution in [2.75, 3.05) is 26.2 Å². The molecule has 0 saturated carbocycles. The van der Waals surface area contributed by atoms with E-state index >= 15 is 0 Å². The van der Waals surface area contributed by atoms with Gasteiger partial charge in [0.15, 0.2) is 0 Å². The van der Waals surface area contributed by atoms with E-state index in [0.717, 1.165) is 32.7 Å². The number of aromatic nitrogens is 2. The number of hydrogen-bond donors (Lipinski definition) is 1. The second kappa shape index (κ2) is 4.57. The Kier molecular flexibility index (Phi) is 3.16. The molecule has 1 unspecified atom stereocenters. The molecule has 0 radical (unpaired) electrons. The smallest absolute Gasteiger partial charge is 0.0536 e. The fourth-order valence-corrected chi connectivity index (χ4v) is 1.88. The minimum Gasteiger partial charge on any atom is -0.314 e. The summed E-state index contributed by atoms with van der Waals surface area (Å²) < 4.78 is 1.99. The molecule has 4 heteroatoms. The van der Waals surface area contributed by atoms with Crippen LogP contribution >= 0.6 is 0 Å². The molecule has 1 aromatic heterocycles. The van der Waals surface area contributed by atoms with Crippen molar-refractivity contribution in [3.63, 3.8) is 0 Å². The van der Waals surface area contributed by atoms with E-state index < -0.39 is 0 Å². The third-order valence-electron chi connectivity index (χ3n) is 2.81. The second-order valence-corrected chi connectivity index (χ2v) is 3.86. The minimum absolute atomic E-state index is 0.652. The van der Waals surface area contributed by atoms with Crippen LogP contribution < -0.4 is 5.32 Å². The van der Waals surface area contributed by atoms with Gasteiger partial charge >= 0.3 is 0 Å². The number of nitrogens with zero attached hydrogens (tertiary/aromatic N) is 3. The van der Waals surface area contributed by atoms with Crippen LogP contribution in [-0.2, 0) is 6.54 Å². The Morgan fingerprint density at radius 1 is 1.50 bits per heavy atom. The zero-order valence-electron chi connectivity index (χ0n) is 8.69. The van der Waals surface area contributed by atoms with Crippen LogP contribution in [0.2, 0.25) is 0 Å². The molecule has 78 valence electrons. The van der Waals surface area contributed by atoms with E-state index in [0.29, 0.717) is 6.04 Å². The van der Waals surface area contributed by atoms with E-state index in [1.54, 1.807) is 0 Å². The third-order valence-corrected chi connectivity index (χ3v) is 2.81. The molecule has 0 bridgehead atoms. The molecule has 1 fully saturated rings. The molecule has 0 aliphatic carbocycles. The van der Waals surface area contributed by atoms with Crippen molar-refractivity contribution in [3.8, 4) is 0 Å². The van der Waals surface area contributed by atoms with Gasteiger partial charge in [-0.2, -0.15) is 5.10 Å². The molecular weight excluding hydrogens is 176 g/mol. The van der Waals surface area contributed by atoms with Gasteiger partial charge in [-0.3, -0.25) is 9.58 Å². The second-order valence-electron chi connectivity index (χ2n) is 3.86. The molecule has 2 rings (SSSR count). The highest BCUT2D eigenvalue weighted by Gasteiger charge is 2.16. The topological polar surface area (TPSA) is 33.1 Å². The van der Waals surface area contributed by atoms with Crippen LogP contribution in [0.15, 0.2) is 18.5 Å². The fraction of sp³-hybridized carbons (Fsp3) is 0.700. The molecule has 1 N–H and O–H groups in total. The Hall–Kier alpha value is -0.870. The first-order chi connectivity index (χ1) is 6.86. The third kappa shape index (κ3) is 2.33. The lowest BCUT2D eigenvalue weighted by atomic mass is 10.2. The largest absolute Gasteiger partial charge is 0.314 e.